The van der Waals surface area contributed by atoms with E-state index in [1.807, 2.05) is 0 Å². The molecule has 1 saturated heterocycles. The van der Waals surface area contributed by atoms with Crippen molar-refractivity contribution in [3.63, 3.8) is 0 Å². The zero-order valence-electron chi connectivity index (χ0n) is 14.3. The SMILES string of the molecule is NCCNC(=O)C1CCCN(S(=O)(=O)c2ccccc2-c2ccno2)C1. The second kappa shape index (κ2) is 7.98. The fraction of sp³-hybridized carbons (Fsp3) is 0.412. The average Bonchev–Trinajstić information content (AvgIpc) is 3.21. The van der Waals surface area contributed by atoms with Crippen LogP contribution < -0.4 is 11.1 Å². The average molecular weight is 378 g/mol. The molecule has 1 amide bonds. The summed E-state index contributed by atoms with van der Waals surface area (Å²) in [6, 6.07) is 8.26. The number of carbonyl (C=O) groups excluding carboxylic acids is 1. The first-order valence-corrected chi connectivity index (χ1v) is 9.96. The Kier molecular flexibility index (Phi) is 5.70. The molecule has 2 heterocycles. The molecule has 26 heavy (non-hydrogen) atoms. The molecule has 1 unspecified atom stereocenters. The van der Waals surface area contributed by atoms with E-state index >= 15 is 0 Å². The molecule has 0 aliphatic carbocycles. The molecule has 3 rings (SSSR count). The molecule has 2 aromatic rings. The quantitative estimate of drug-likeness (QED) is 0.768. The van der Waals surface area contributed by atoms with Crippen molar-refractivity contribution in [2.45, 2.75) is 17.7 Å². The molecule has 3 N–H and O–H groups in total. The van der Waals surface area contributed by atoms with Gasteiger partial charge in [-0.3, -0.25) is 4.79 Å². The van der Waals surface area contributed by atoms with E-state index in [9.17, 15) is 13.2 Å². The molecular weight excluding hydrogens is 356 g/mol. The van der Waals surface area contributed by atoms with E-state index in [1.165, 1.54) is 10.5 Å². The highest BCUT2D eigenvalue weighted by Gasteiger charge is 2.34. The number of hydrogen-bond acceptors (Lipinski definition) is 6. The normalized spacial score (nSPS) is 18.6. The van der Waals surface area contributed by atoms with Gasteiger partial charge in [-0.1, -0.05) is 17.3 Å². The van der Waals surface area contributed by atoms with Crippen LogP contribution in [0, 0.1) is 5.92 Å². The van der Waals surface area contributed by atoms with Crippen molar-refractivity contribution < 1.29 is 17.7 Å². The number of piperidine rings is 1. The third kappa shape index (κ3) is 3.79. The van der Waals surface area contributed by atoms with Crippen molar-refractivity contribution in [2.75, 3.05) is 26.2 Å². The first kappa shape index (κ1) is 18.6. The highest BCUT2D eigenvalue weighted by atomic mass is 32.2. The van der Waals surface area contributed by atoms with Crippen LogP contribution in [0.25, 0.3) is 11.3 Å². The predicted octanol–water partition coefficient (Wildman–Crippen LogP) is 0.817. The van der Waals surface area contributed by atoms with Gasteiger partial charge < -0.3 is 15.6 Å². The lowest BCUT2D eigenvalue weighted by molar-refractivity contribution is -0.126. The summed E-state index contributed by atoms with van der Waals surface area (Å²) >= 11 is 0. The molecule has 1 atom stereocenters. The van der Waals surface area contributed by atoms with E-state index in [-0.39, 0.29) is 23.3 Å². The van der Waals surface area contributed by atoms with Crippen molar-refractivity contribution in [1.82, 2.24) is 14.8 Å². The zero-order valence-corrected chi connectivity index (χ0v) is 15.1. The maximum Gasteiger partial charge on any atom is 0.243 e. The third-order valence-corrected chi connectivity index (χ3v) is 6.33. The van der Waals surface area contributed by atoms with Crippen LogP contribution in [0.4, 0.5) is 0 Å². The second-order valence-electron chi connectivity index (χ2n) is 6.15. The van der Waals surface area contributed by atoms with E-state index in [0.29, 0.717) is 43.8 Å². The van der Waals surface area contributed by atoms with E-state index in [2.05, 4.69) is 10.5 Å². The molecule has 1 aromatic carbocycles. The molecule has 0 radical (unpaired) electrons. The van der Waals surface area contributed by atoms with Gasteiger partial charge in [0.1, 0.15) is 0 Å². The highest BCUT2D eigenvalue weighted by Crippen LogP contribution is 2.31. The molecule has 1 aliphatic rings. The minimum Gasteiger partial charge on any atom is -0.356 e. The molecule has 0 bridgehead atoms. The summed E-state index contributed by atoms with van der Waals surface area (Å²) < 4.78 is 32.9. The van der Waals surface area contributed by atoms with E-state index in [0.717, 1.165) is 0 Å². The summed E-state index contributed by atoms with van der Waals surface area (Å²) in [5.74, 6) is -0.139. The van der Waals surface area contributed by atoms with Crippen LogP contribution >= 0.6 is 0 Å². The molecular formula is C17H22N4O4S. The lowest BCUT2D eigenvalue weighted by atomic mass is 9.99. The summed E-state index contributed by atoms with van der Waals surface area (Å²) in [6.45, 7) is 1.28. The third-order valence-electron chi connectivity index (χ3n) is 4.41. The van der Waals surface area contributed by atoms with Crippen LogP contribution in [0.2, 0.25) is 0 Å². The molecule has 1 aromatic heterocycles. The Bertz CT molecular complexity index is 851. The van der Waals surface area contributed by atoms with Gasteiger partial charge in [-0.2, -0.15) is 4.31 Å². The lowest BCUT2D eigenvalue weighted by Crippen LogP contribution is -2.46. The first-order valence-electron chi connectivity index (χ1n) is 8.52. The Morgan fingerprint density at radius 3 is 2.88 bits per heavy atom. The summed E-state index contributed by atoms with van der Waals surface area (Å²) in [7, 11) is -3.76. The number of benzene rings is 1. The molecule has 140 valence electrons. The second-order valence-corrected chi connectivity index (χ2v) is 8.06. The smallest absolute Gasteiger partial charge is 0.243 e. The van der Waals surface area contributed by atoms with Crippen molar-refractivity contribution in [2.24, 2.45) is 11.7 Å². The monoisotopic (exact) mass is 378 g/mol. The number of amides is 1. The van der Waals surface area contributed by atoms with Crippen LogP contribution in [0.15, 0.2) is 45.9 Å². The highest BCUT2D eigenvalue weighted by molar-refractivity contribution is 7.89. The van der Waals surface area contributed by atoms with Crippen LogP contribution in [-0.4, -0.2) is 50.0 Å². The van der Waals surface area contributed by atoms with Crippen LogP contribution in [0.3, 0.4) is 0 Å². The number of nitrogens with one attached hydrogen (secondary N) is 1. The Labute approximate surface area is 152 Å². The largest absolute Gasteiger partial charge is 0.356 e. The Morgan fingerprint density at radius 2 is 2.15 bits per heavy atom. The number of nitrogens with two attached hydrogens (primary N) is 1. The van der Waals surface area contributed by atoms with Crippen LogP contribution in [-0.2, 0) is 14.8 Å². The van der Waals surface area contributed by atoms with Gasteiger partial charge in [-0.05, 0) is 25.0 Å². The minimum absolute atomic E-state index is 0.153. The Morgan fingerprint density at radius 1 is 1.35 bits per heavy atom. The van der Waals surface area contributed by atoms with Gasteiger partial charge in [0.2, 0.25) is 15.9 Å². The standard InChI is InChI=1S/C17H22N4O4S/c18-8-10-19-17(22)13-4-3-11-21(12-13)26(23,24)16-6-2-1-5-14(16)15-7-9-20-25-15/h1-2,5-7,9,13H,3-4,8,10-12,18H2,(H,19,22). The van der Waals surface area contributed by atoms with Crippen molar-refractivity contribution in [3.05, 3.63) is 36.5 Å². The maximum absolute atomic E-state index is 13.2. The molecule has 9 heteroatoms. The molecule has 8 nitrogen and oxygen atoms in total. The number of aromatic nitrogens is 1. The molecule has 1 fully saturated rings. The van der Waals surface area contributed by atoms with E-state index in [4.69, 9.17) is 10.3 Å². The fourth-order valence-electron chi connectivity index (χ4n) is 3.10. The summed E-state index contributed by atoms with van der Waals surface area (Å²) in [4.78, 5) is 12.4. The number of nitrogens with zero attached hydrogens (tertiary/aromatic N) is 2. The van der Waals surface area contributed by atoms with E-state index in [1.54, 1.807) is 30.3 Å². The zero-order chi connectivity index (χ0) is 18.6. The summed E-state index contributed by atoms with van der Waals surface area (Å²) in [6.07, 6.45) is 2.76. The topological polar surface area (TPSA) is 119 Å². The lowest BCUT2D eigenvalue weighted by Gasteiger charge is -2.31. The number of rotatable bonds is 6. The van der Waals surface area contributed by atoms with Crippen molar-refractivity contribution >= 4 is 15.9 Å². The van der Waals surface area contributed by atoms with Gasteiger partial charge >= 0.3 is 0 Å². The number of sulfonamides is 1. The van der Waals surface area contributed by atoms with Crippen molar-refractivity contribution in [1.29, 1.82) is 0 Å². The molecule has 0 spiro atoms. The molecule has 0 saturated carbocycles. The summed E-state index contributed by atoms with van der Waals surface area (Å²) in [5.41, 5.74) is 5.87. The van der Waals surface area contributed by atoms with Gasteiger partial charge in [-0.15, -0.1) is 0 Å². The Hall–Kier alpha value is -2.23. The van der Waals surface area contributed by atoms with Crippen molar-refractivity contribution in [3.8, 4) is 11.3 Å². The fourth-order valence-corrected chi connectivity index (χ4v) is 4.82. The molecule has 1 aliphatic heterocycles. The van der Waals surface area contributed by atoms with Gasteiger partial charge in [-0.25, -0.2) is 8.42 Å². The van der Waals surface area contributed by atoms with Crippen LogP contribution in [0.1, 0.15) is 12.8 Å². The number of hydrogen-bond donors (Lipinski definition) is 2. The van der Waals surface area contributed by atoms with Crippen LogP contribution in [0.5, 0.6) is 0 Å². The van der Waals surface area contributed by atoms with Gasteiger partial charge in [0.15, 0.2) is 5.76 Å². The summed E-state index contributed by atoms with van der Waals surface area (Å²) in [5, 5.41) is 6.39. The maximum atomic E-state index is 13.2. The number of carbonyl (C=O) groups is 1. The predicted molar refractivity (Wildman–Crippen MR) is 95.5 cm³/mol. The minimum atomic E-state index is -3.76. The van der Waals surface area contributed by atoms with Gasteiger partial charge in [0.25, 0.3) is 0 Å². The Balaban J connectivity index is 1.86. The van der Waals surface area contributed by atoms with Gasteiger partial charge in [0, 0.05) is 37.8 Å². The van der Waals surface area contributed by atoms with E-state index < -0.39 is 10.0 Å². The first-order chi connectivity index (χ1) is 12.5. The van der Waals surface area contributed by atoms with Gasteiger partial charge in [0.05, 0.1) is 17.0 Å².